The zero-order valence-electron chi connectivity index (χ0n) is 25.0. The third kappa shape index (κ3) is 6.85. The van der Waals surface area contributed by atoms with E-state index in [1.165, 1.54) is 6.92 Å². The molecule has 3 aromatic rings. The highest BCUT2D eigenvalue weighted by atomic mass is 16.7. The lowest BCUT2D eigenvalue weighted by molar-refractivity contribution is -0.278. The van der Waals surface area contributed by atoms with E-state index in [1.807, 2.05) is 30.3 Å². The second-order valence-electron chi connectivity index (χ2n) is 11.9. The molecule has 8 heteroatoms. The van der Waals surface area contributed by atoms with Crippen LogP contribution in [0.2, 0.25) is 0 Å². The molecule has 8 nitrogen and oxygen atoms in total. The molecular formula is C35H42N2O6. The molecular weight excluding hydrogens is 544 g/mol. The maximum absolute atomic E-state index is 11.5. The summed E-state index contributed by atoms with van der Waals surface area (Å²) in [5.74, 6) is -0.336. The van der Waals surface area contributed by atoms with Crippen molar-refractivity contribution in [3.05, 3.63) is 95.1 Å². The summed E-state index contributed by atoms with van der Waals surface area (Å²) in [6.45, 7) is 8.20. The van der Waals surface area contributed by atoms with Crippen LogP contribution in [0.3, 0.4) is 0 Å². The summed E-state index contributed by atoms with van der Waals surface area (Å²) in [6, 6.07) is 24.5. The van der Waals surface area contributed by atoms with Crippen molar-refractivity contribution in [2.24, 2.45) is 5.92 Å². The number of carbonyl (C=O) groups excluding carboxylic acids is 1. The maximum Gasteiger partial charge on any atom is 0.217 e. The summed E-state index contributed by atoms with van der Waals surface area (Å²) in [5, 5.41) is 12.5. The topological polar surface area (TPSA) is 89.5 Å². The zero-order chi connectivity index (χ0) is 29.8. The number of nitrogens with zero attached hydrogens (tertiary/aromatic N) is 1. The highest BCUT2D eigenvalue weighted by molar-refractivity contribution is 5.74. The molecule has 0 bridgehead atoms. The number of likely N-dealkylation sites (tertiary alicyclic amines) is 1. The SMILES string of the molecule is CC(=O)NCc1ccccc1-c1ccc(C2OC(CN3CCC4(CC3)OCCO4)C(C)C(c3ccc(CO)cc3)O2)cc1. The Morgan fingerprint density at radius 1 is 0.930 bits per heavy atom. The van der Waals surface area contributed by atoms with Crippen LogP contribution in [0.25, 0.3) is 11.1 Å². The number of hydrogen-bond donors (Lipinski definition) is 2. The van der Waals surface area contributed by atoms with Crippen molar-refractivity contribution in [2.75, 3.05) is 32.8 Å². The largest absolute Gasteiger partial charge is 0.392 e. The molecule has 1 amide bonds. The first-order valence-corrected chi connectivity index (χ1v) is 15.4. The monoisotopic (exact) mass is 586 g/mol. The van der Waals surface area contributed by atoms with Gasteiger partial charge in [-0.15, -0.1) is 0 Å². The van der Waals surface area contributed by atoms with Gasteiger partial charge in [0.25, 0.3) is 0 Å². The highest BCUT2D eigenvalue weighted by Gasteiger charge is 2.43. The van der Waals surface area contributed by atoms with Gasteiger partial charge < -0.3 is 34.3 Å². The fourth-order valence-electron chi connectivity index (χ4n) is 6.44. The minimum absolute atomic E-state index is 0.0138. The number of piperidine rings is 1. The van der Waals surface area contributed by atoms with Gasteiger partial charge >= 0.3 is 0 Å². The molecule has 3 fully saturated rings. The molecule has 2 N–H and O–H groups in total. The average Bonchev–Trinajstić information content (AvgIpc) is 3.50. The number of benzene rings is 3. The highest BCUT2D eigenvalue weighted by Crippen LogP contribution is 2.43. The molecule has 0 aromatic heterocycles. The predicted molar refractivity (Wildman–Crippen MR) is 163 cm³/mol. The number of amides is 1. The number of rotatable bonds is 8. The average molecular weight is 587 g/mol. The van der Waals surface area contributed by atoms with Crippen LogP contribution >= 0.6 is 0 Å². The summed E-state index contributed by atoms with van der Waals surface area (Å²) >= 11 is 0. The zero-order valence-corrected chi connectivity index (χ0v) is 25.0. The molecule has 3 heterocycles. The summed E-state index contributed by atoms with van der Waals surface area (Å²) in [6.07, 6.45) is 1.01. The number of ether oxygens (including phenoxy) is 4. The third-order valence-electron chi connectivity index (χ3n) is 9.03. The van der Waals surface area contributed by atoms with Crippen LogP contribution < -0.4 is 5.32 Å². The van der Waals surface area contributed by atoms with Gasteiger partial charge in [0.15, 0.2) is 12.1 Å². The quantitative estimate of drug-likeness (QED) is 0.379. The van der Waals surface area contributed by atoms with E-state index >= 15 is 0 Å². The van der Waals surface area contributed by atoms with Gasteiger partial charge in [-0.1, -0.05) is 79.7 Å². The van der Waals surface area contributed by atoms with E-state index in [0.717, 1.165) is 65.9 Å². The normalized spacial score (nSPS) is 25.6. The Balaban J connectivity index is 1.22. The van der Waals surface area contributed by atoms with Crippen LogP contribution in [0, 0.1) is 5.92 Å². The summed E-state index contributed by atoms with van der Waals surface area (Å²) in [5.41, 5.74) is 6.14. The van der Waals surface area contributed by atoms with Gasteiger partial charge in [0.05, 0.1) is 32.0 Å². The molecule has 43 heavy (non-hydrogen) atoms. The van der Waals surface area contributed by atoms with Crippen LogP contribution in [-0.4, -0.2) is 60.7 Å². The third-order valence-corrected chi connectivity index (χ3v) is 9.03. The Bertz CT molecular complexity index is 1360. The van der Waals surface area contributed by atoms with E-state index in [9.17, 15) is 9.90 Å². The molecule has 0 aliphatic carbocycles. The molecule has 3 aliphatic heterocycles. The maximum atomic E-state index is 11.5. The Labute approximate surface area is 253 Å². The van der Waals surface area contributed by atoms with Gasteiger partial charge in [-0.3, -0.25) is 4.79 Å². The lowest BCUT2D eigenvalue weighted by atomic mass is 9.89. The number of nitrogens with one attached hydrogen (secondary N) is 1. The minimum Gasteiger partial charge on any atom is -0.392 e. The van der Waals surface area contributed by atoms with E-state index in [4.69, 9.17) is 18.9 Å². The Kier molecular flexibility index (Phi) is 9.23. The van der Waals surface area contributed by atoms with E-state index in [1.54, 1.807) is 0 Å². The molecule has 1 spiro atoms. The first-order chi connectivity index (χ1) is 20.9. The fraction of sp³-hybridized carbons (Fsp3) is 0.457. The van der Waals surface area contributed by atoms with E-state index in [-0.39, 0.29) is 30.6 Å². The standard InChI is InChI=1S/C35H42N2O6/c1-24-32(22-37-17-15-35(16-18-37)40-19-20-41-35)42-34(43-33(24)28-9-7-26(23-38)8-10-28)29-13-11-27(12-14-29)31-6-4-3-5-30(31)21-36-25(2)39/h3-14,24,32-34,38H,15-23H2,1-2H3,(H,36,39). The van der Waals surface area contributed by atoms with Crippen molar-refractivity contribution in [3.63, 3.8) is 0 Å². The summed E-state index contributed by atoms with van der Waals surface area (Å²) < 4.78 is 25.3. The summed E-state index contributed by atoms with van der Waals surface area (Å²) in [7, 11) is 0. The van der Waals surface area contributed by atoms with Crippen LogP contribution in [0.15, 0.2) is 72.8 Å². The molecule has 0 saturated carbocycles. The Hall–Kier alpha value is -3.11. The minimum atomic E-state index is -0.523. The molecule has 0 radical (unpaired) electrons. The first-order valence-electron chi connectivity index (χ1n) is 15.4. The Morgan fingerprint density at radius 2 is 1.60 bits per heavy atom. The van der Waals surface area contributed by atoms with Crippen molar-refractivity contribution in [3.8, 4) is 11.1 Å². The predicted octanol–water partition coefficient (Wildman–Crippen LogP) is 5.11. The molecule has 228 valence electrons. The van der Waals surface area contributed by atoms with Gasteiger partial charge in [-0.25, -0.2) is 0 Å². The van der Waals surface area contributed by atoms with Crippen molar-refractivity contribution in [2.45, 2.75) is 64.1 Å². The molecule has 3 saturated heterocycles. The molecule has 4 unspecified atom stereocenters. The fourth-order valence-corrected chi connectivity index (χ4v) is 6.44. The van der Waals surface area contributed by atoms with E-state index < -0.39 is 12.1 Å². The molecule has 3 aliphatic rings. The van der Waals surface area contributed by atoms with Gasteiger partial charge in [-0.05, 0) is 27.8 Å². The number of hydrogen-bond acceptors (Lipinski definition) is 7. The van der Waals surface area contributed by atoms with E-state index in [0.29, 0.717) is 19.8 Å². The first kappa shape index (κ1) is 29.9. The van der Waals surface area contributed by atoms with Crippen LogP contribution in [0.5, 0.6) is 0 Å². The van der Waals surface area contributed by atoms with Crippen molar-refractivity contribution >= 4 is 5.91 Å². The van der Waals surface area contributed by atoms with Crippen molar-refractivity contribution in [1.82, 2.24) is 10.2 Å². The smallest absolute Gasteiger partial charge is 0.217 e. The lowest BCUT2D eigenvalue weighted by Gasteiger charge is -2.44. The lowest BCUT2D eigenvalue weighted by Crippen LogP contribution is -2.50. The number of aliphatic hydroxyl groups is 1. The van der Waals surface area contributed by atoms with Crippen LogP contribution in [0.4, 0.5) is 0 Å². The Morgan fingerprint density at radius 3 is 2.28 bits per heavy atom. The van der Waals surface area contributed by atoms with Gasteiger partial charge in [0.1, 0.15) is 0 Å². The second kappa shape index (κ2) is 13.3. The van der Waals surface area contributed by atoms with Gasteiger partial charge in [-0.2, -0.15) is 0 Å². The van der Waals surface area contributed by atoms with Crippen LogP contribution in [0.1, 0.15) is 61.3 Å². The van der Waals surface area contributed by atoms with Gasteiger partial charge in [0, 0.05) is 57.4 Å². The number of carbonyl (C=O) groups is 1. The second-order valence-corrected chi connectivity index (χ2v) is 11.9. The van der Waals surface area contributed by atoms with Crippen molar-refractivity contribution in [1.29, 1.82) is 0 Å². The van der Waals surface area contributed by atoms with Crippen molar-refractivity contribution < 1.29 is 28.8 Å². The van der Waals surface area contributed by atoms with Gasteiger partial charge in [0.2, 0.25) is 5.91 Å². The molecule has 6 rings (SSSR count). The van der Waals surface area contributed by atoms with Crippen LogP contribution in [-0.2, 0) is 36.9 Å². The van der Waals surface area contributed by atoms with E-state index in [2.05, 4.69) is 59.6 Å². The molecule has 4 atom stereocenters. The number of aliphatic hydroxyl groups excluding tert-OH is 1. The molecule has 3 aromatic carbocycles. The summed E-state index contributed by atoms with van der Waals surface area (Å²) in [4.78, 5) is 14.0.